The second-order valence-electron chi connectivity index (χ2n) is 4.83. The van der Waals surface area contributed by atoms with Crippen LogP contribution in [-0.4, -0.2) is 36.5 Å². The largest absolute Gasteiger partial charge is 0.490 e. The number of para-hydroxylation sites is 1. The van der Waals surface area contributed by atoms with Gasteiger partial charge in [-0.3, -0.25) is 9.69 Å². The quantitative estimate of drug-likeness (QED) is 0.874. The summed E-state index contributed by atoms with van der Waals surface area (Å²) in [7, 11) is 0. The minimum Gasteiger partial charge on any atom is -0.490 e. The van der Waals surface area contributed by atoms with Gasteiger partial charge < -0.3 is 10.5 Å². The molecular formula is C14H20N2O2. The highest BCUT2D eigenvalue weighted by Gasteiger charge is 2.21. The minimum absolute atomic E-state index is 0.246. The number of rotatable bonds is 4. The smallest absolute Gasteiger partial charge is 0.231 e. The molecule has 2 rings (SSSR count). The van der Waals surface area contributed by atoms with Crippen molar-refractivity contribution in [3.05, 3.63) is 29.8 Å². The summed E-state index contributed by atoms with van der Waals surface area (Å²) in [6.07, 6.45) is 2.14. The predicted octanol–water partition coefficient (Wildman–Crippen LogP) is 1.32. The second-order valence-corrected chi connectivity index (χ2v) is 4.83. The van der Waals surface area contributed by atoms with E-state index in [-0.39, 0.29) is 12.0 Å². The van der Waals surface area contributed by atoms with Crippen LogP contribution < -0.4 is 10.5 Å². The van der Waals surface area contributed by atoms with E-state index in [2.05, 4.69) is 17.9 Å². The lowest BCUT2D eigenvalue weighted by Crippen LogP contribution is -2.42. The van der Waals surface area contributed by atoms with Gasteiger partial charge in [-0.25, -0.2) is 0 Å². The average Bonchev–Trinajstić information content (AvgIpc) is 2.34. The summed E-state index contributed by atoms with van der Waals surface area (Å²) in [4.78, 5) is 12.9. The van der Waals surface area contributed by atoms with E-state index in [4.69, 9.17) is 10.5 Å². The number of benzene rings is 1. The highest BCUT2D eigenvalue weighted by molar-refractivity contribution is 5.75. The van der Waals surface area contributed by atoms with Crippen LogP contribution in [0.15, 0.2) is 24.3 Å². The number of ether oxygens (including phenoxy) is 1. The van der Waals surface area contributed by atoms with E-state index in [0.717, 1.165) is 37.2 Å². The number of hydrogen-bond acceptors (Lipinski definition) is 3. The molecule has 2 N–H and O–H groups in total. The van der Waals surface area contributed by atoms with Gasteiger partial charge in [0.1, 0.15) is 11.9 Å². The zero-order chi connectivity index (χ0) is 13.0. The molecule has 1 aromatic carbocycles. The van der Waals surface area contributed by atoms with Crippen molar-refractivity contribution in [2.45, 2.75) is 25.9 Å². The lowest BCUT2D eigenvalue weighted by atomic mass is 10.1. The summed E-state index contributed by atoms with van der Waals surface area (Å²) in [6, 6.07) is 8.06. The van der Waals surface area contributed by atoms with E-state index in [1.54, 1.807) is 0 Å². The van der Waals surface area contributed by atoms with Gasteiger partial charge in [0.05, 0.1) is 6.54 Å². The Bertz CT molecular complexity index is 412. The Hall–Kier alpha value is -1.55. The van der Waals surface area contributed by atoms with Crippen LogP contribution in [0.5, 0.6) is 5.75 Å². The number of hydrogen-bond donors (Lipinski definition) is 1. The maximum Gasteiger partial charge on any atom is 0.231 e. The molecule has 1 heterocycles. The Kier molecular flexibility index (Phi) is 4.20. The molecule has 1 saturated heterocycles. The van der Waals surface area contributed by atoms with Gasteiger partial charge in [-0.2, -0.15) is 0 Å². The van der Waals surface area contributed by atoms with Crippen molar-refractivity contribution in [2.75, 3.05) is 19.6 Å². The standard InChI is InChI=1S/C14H20N2O2/c1-11-4-2-3-5-13(11)18-12-6-8-16(9-7-12)10-14(15)17/h2-5,12H,6-10H2,1H3,(H2,15,17). The molecule has 1 aromatic rings. The zero-order valence-electron chi connectivity index (χ0n) is 10.8. The molecule has 4 heteroatoms. The molecule has 0 spiro atoms. The maximum atomic E-state index is 10.8. The first-order valence-electron chi connectivity index (χ1n) is 6.38. The van der Waals surface area contributed by atoms with E-state index in [9.17, 15) is 4.79 Å². The molecule has 0 aromatic heterocycles. The van der Waals surface area contributed by atoms with E-state index < -0.39 is 0 Å². The SMILES string of the molecule is Cc1ccccc1OC1CCN(CC(N)=O)CC1. The minimum atomic E-state index is -0.256. The molecule has 0 aliphatic carbocycles. The summed E-state index contributed by atoms with van der Waals surface area (Å²) >= 11 is 0. The number of amides is 1. The van der Waals surface area contributed by atoms with Crippen LogP contribution in [0.3, 0.4) is 0 Å². The molecular weight excluding hydrogens is 228 g/mol. The van der Waals surface area contributed by atoms with Gasteiger partial charge in [0.2, 0.25) is 5.91 Å². The average molecular weight is 248 g/mol. The molecule has 0 saturated carbocycles. The zero-order valence-corrected chi connectivity index (χ0v) is 10.8. The Balaban J connectivity index is 1.84. The summed E-state index contributed by atoms with van der Waals surface area (Å²) in [5, 5.41) is 0. The van der Waals surface area contributed by atoms with E-state index in [1.165, 1.54) is 0 Å². The van der Waals surface area contributed by atoms with Crippen molar-refractivity contribution in [3.8, 4) is 5.75 Å². The van der Waals surface area contributed by atoms with Crippen molar-refractivity contribution in [1.82, 2.24) is 4.90 Å². The van der Waals surface area contributed by atoms with Crippen LogP contribution >= 0.6 is 0 Å². The molecule has 98 valence electrons. The summed E-state index contributed by atoms with van der Waals surface area (Å²) in [5.74, 6) is 0.708. The van der Waals surface area contributed by atoms with E-state index in [0.29, 0.717) is 6.54 Å². The monoisotopic (exact) mass is 248 g/mol. The molecule has 0 atom stereocenters. The molecule has 0 bridgehead atoms. The fourth-order valence-electron chi connectivity index (χ4n) is 2.27. The third kappa shape index (κ3) is 3.47. The van der Waals surface area contributed by atoms with Crippen LogP contribution in [0.4, 0.5) is 0 Å². The maximum absolute atomic E-state index is 10.8. The normalized spacial score (nSPS) is 17.6. The fourth-order valence-corrected chi connectivity index (χ4v) is 2.27. The highest BCUT2D eigenvalue weighted by Crippen LogP contribution is 2.22. The van der Waals surface area contributed by atoms with Crippen LogP contribution in [0.1, 0.15) is 18.4 Å². The van der Waals surface area contributed by atoms with Gasteiger partial charge >= 0.3 is 0 Å². The van der Waals surface area contributed by atoms with Gasteiger partial charge in [0, 0.05) is 13.1 Å². The van der Waals surface area contributed by atoms with Crippen molar-refractivity contribution in [2.24, 2.45) is 5.73 Å². The summed E-state index contributed by atoms with van der Waals surface area (Å²) in [6.45, 7) is 4.16. The van der Waals surface area contributed by atoms with Crippen molar-refractivity contribution in [3.63, 3.8) is 0 Å². The number of nitrogens with two attached hydrogens (primary N) is 1. The molecule has 0 radical (unpaired) electrons. The van der Waals surface area contributed by atoms with Crippen molar-refractivity contribution in [1.29, 1.82) is 0 Å². The molecule has 1 aliphatic rings. The molecule has 0 unspecified atom stereocenters. The fraction of sp³-hybridized carbons (Fsp3) is 0.500. The lowest BCUT2D eigenvalue weighted by Gasteiger charge is -2.31. The lowest BCUT2D eigenvalue weighted by molar-refractivity contribution is -0.119. The van der Waals surface area contributed by atoms with Crippen LogP contribution in [0.2, 0.25) is 0 Å². The Morgan fingerprint density at radius 1 is 1.39 bits per heavy atom. The van der Waals surface area contributed by atoms with Crippen LogP contribution in [-0.2, 0) is 4.79 Å². The number of primary amides is 1. The van der Waals surface area contributed by atoms with Crippen LogP contribution in [0.25, 0.3) is 0 Å². The number of carbonyl (C=O) groups is 1. The number of piperidine rings is 1. The number of nitrogens with zero attached hydrogens (tertiary/aromatic N) is 1. The third-order valence-corrected chi connectivity index (χ3v) is 3.30. The Labute approximate surface area is 108 Å². The molecule has 1 amide bonds. The van der Waals surface area contributed by atoms with E-state index >= 15 is 0 Å². The predicted molar refractivity (Wildman–Crippen MR) is 70.5 cm³/mol. The van der Waals surface area contributed by atoms with Crippen molar-refractivity contribution >= 4 is 5.91 Å². The summed E-state index contributed by atoms with van der Waals surface area (Å²) < 4.78 is 6.00. The number of likely N-dealkylation sites (tertiary alicyclic amines) is 1. The third-order valence-electron chi connectivity index (χ3n) is 3.30. The molecule has 4 nitrogen and oxygen atoms in total. The number of aryl methyl sites for hydroxylation is 1. The summed E-state index contributed by atoms with van der Waals surface area (Å²) in [5.41, 5.74) is 6.35. The highest BCUT2D eigenvalue weighted by atomic mass is 16.5. The Morgan fingerprint density at radius 3 is 2.67 bits per heavy atom. The van der Waals surface area contributed by atoms with Gasteiger partial charge in [-0.1, -0.05) is 18.2 Å². The number of carbonyl (C=O) groups excluding carboxylic acids is 1. The van der Waals surface area contributed by atoms with Gasteiger partial charge in [-0.05, 0) is 31.4 Å². The topological polar surface area (TPSA) is 55.6 Å². The molecule has 1 fully saturated rings. The van der Waals surface area contributed by atoms with E-state index in [1.807, 2.05) is 18.2 Å². The first kappa shape index (κ1) is 12.9. The first-order chi connectivity index (χ1) is 8.65. The Morgan fingerprint density at radius 2 is 2.06 bits per heavy atom. The first-order valence-corrected chi connectivity index (χ1v) is 6.38. The molecule has 18 heavy (non-hydrogen) atoms. The second kappa shape index (κ2) is 5.87. The van der Waals surface area contributed by atoms with Gasteiger partial charge in [-0.15, -0.1) is 0 Å². The molecule has 1 aliphatic heterocycles. The van der Waals surface area contributed by atoms with Gasteiger partial charge in [0.15, 0.2) is 0 Å². The van der Waals surface area contributed by atoms with Crippen LogP contribution in [0, 0.1) is 6.92 Å². The van der Waals surface area contributed by atoms with Gasteiger partial charge in [0.25, 0.3) is 0 Å². The van der Waals surface area contributed by atoms with Crippen molar-refractivity contribution < 1.29 is 9.53 Å².